The summed E-state index contributed by atoms with van der Waals surface area (Å²) in [6, 6.07) is 19.7. The Balaban J connectivity index is 1.77. The number of hydrogen-bond acceptors (Lipinski definition) is 6. The van der Waals surface area contributed by atoms with Gasteiger partial charge in [-0.05, 0) is 24.3 Å². The molecule has 0 radical (unpaired) electrons. The number of fused-ring (bicyclic) bond motifs is 1. The lowest BCUT2D eigenvalue weighted by Gasteiger charge is -2.13. The molecule has 5 rings (SSSR count). The van der Waals surface area contributed by atoms with Gasteiger partial charge in [0.05, 0.1) is 20.9 Å². The van der Waals surface area contributed by atoms with Crippen LogP contribution in [-0.4, -0.2) is 24.7 Å². The molecule has 0 amide bonds. The van der Waals surface area contributed by atoms with Crippen molar-refractivity contribution in [2.45, 2.75) is 0 Å². The van der Waals surface area contributed by atoms with E-state index < -0.39 is 0 Å². The molecule has 3 aromatic carbocycles. The van der Waals surface area contributed by atoms with Crippen molar-refractivity contribution in [1.29, 1.82) is 0 Å². The molecule has 2 N–H and O–H groups in total. The number of hydrogen-bond donors (Lipinski definition) is 1. The molecule has 33 heavy (non-hydrogen) atoms. The highest BCUT2D eigenvalue weighted by Crippen LogP contribution is 2.34. The Hall–Kier alpha value is -3.33. The van der Waals surface area contributed by atoms with Crippen molar-refractivity contribution in [2.24, 2.45) is 0 Å². The fourth-order valence-electron chi connectivity index (χ4n) is 3.43. The summed E-state index contributed by atoms with van der Waals surface area (Å²) in [4.78, 5) is 22.7. The zero-order valence-corrected chi connectivity index (χ0v) is 19.8. The number of nitrogens with zero attached hydrogens (tertiary/aromatic N) is 5. The van der Waals surface area contributed by atoms with Gasteiger partial charge < -0.3 is 5.73 Å². The van der Waals surface area contributed by atoms with Crippen LogP contribution >= 0.6 is 39.1 Å². The van der Waals surface area contributed by atoms with Gasteiger partial charge in [0, 0.05) is 15.6 Å². The summed E-state index contributed by atoms with van der Waals surface area (Å²) in [6.45, 7) is 0. The van der Waals surface area contributed by atoms with E-state index in [0.29, 0.717) is 32.9 Å². The van der Waals surface area contributed by atoms with E-state index in [0.717, 1.165) is 4.47 Å². The molecule has 0 bridgehead atoms. The lowest BCUT2D eigenvalue weighted by Crippen LogP contribution is -2.24. The maximum Gasteiger partial charge on any atom is 0.268 e. The first-order chi connectivity index (χ1) is 15.9. The molecule has 0 unspecified atom stereocenters. The second-order valence-corrected chi connectivity index (χ2v) is 8.75. The predicted octanol–water partition coefficient (Wildman–Crippen LogP) is 5.56. The van der Waals surface area contributed by atoms with Crippen LogP contribution in [0.4, 0.5) is 5.82 Å². The number of aromatic nitrogens is 5. The van der Waals surface area contributed by atoms with Crippen LogP contribution in [0.25, 0.3) is 39.5 Å². The van der Waals surface area contributed by atoms with Gasteiger partial charge in [-0.3, -0.25) is 4.79 Å². The van der Waals surface area contributed by atoms with E-state index in [1.807, 2.05) is 36.4 Å². The van der Waals surface area contributed by atoms with Crippen LogP contribution in [0.3, 0.4) is 0 Å². The van der Waals surface area contributed by atoms with Gasteiger partial charge in [-0.1, -0.05) is 81.6 Å². The van der Waals surface area contributed by atoms with Crippen LogP contribution in [0.1, 0.15) is 0 Å². The largest absolute Gasteiger partial charge is 0.382 e. The predicted molar refractivity (Wildman–Crippen MR) is 134 cm³/mol. The summed E-state index contributed by atoms with van der Waals surface area (Å²) in [5.74, 6) is 0.405. The van der Waals surface area contributed by atoms with Crippen LogP contribution in [0.5, 0.6) is 0 Å². The summed E-state index contributed by atoms with van der Waals surface area (Å²) in [5.41, 5.74) is 7.88. The van der Waals surface area contributed by atoms with Crippen LogP contribution < -0.4 is 11.3 Å². The Labute approximate surface area is 206 Å². The second-order valence-electron chi connectivity index (χ2n) is 7.05. The molecule has 0 saturated carbocycles. The van der Waals surface area contributed by atoms with Gasteiger partial charge in [-0.25, -0.2) is 9.55 Å². The molecule has 2 heterocycles. The third-order valence-electron chi connectivity index (χ3n) is 4.97. The van der Waals surface area contributed by atoms with Crippen molar-refractivity contribution in [1.82, 2.24) is 24.7 Å². The average Bonchev–Trinajstić information content (AvgIpc) is 2.82. The fourth-order valence-corrected chi connectivity index (χ4v) is 4.18. The number of halogens is 3. The normalized spacial score (nSPS) is 11.1. The number of anilines is 1. The minimum atomic E-state index is -0.352. The number of nitrogens with two attached hydrogens (primary N) is 1. The number of nitrogen functional groups attached to an aromatic ring is 1. The summed E-state index contributed by atoms with van der Waals surface area (Å²) in [7, 11) is 0. The van der Waals surface area contributed by atoms with Gasteiger partial charge in [0.15, 0.2) is 11.6 Å². The molecular weight excluding hydrogens is 527 g/mol. The first-order valence-electron chi connectivity index (χ1n) is 9.66. The van der Waals surface area contributed by atoms with E-state index in [1.165, 1.54) is 4.57 Å². The van der Waals surface area contributed by atoms with E-state index in [2.05, 4.69) is 31.1 Å². The van der Waals surface area contributed by atoms with Crippen LogP contribution in [-0.2, 0) is 0 Å². The third kappa shape index (κ3) is 3.86. The van der Waals surface area contributed by atoms with E-state index in [9.17, 15) is 4.79 Å². The Morgan fingerprint density at radius 3 is 2.45 bits per heavy atom. The Morgan fingerprint density at radius 2 is 1.70 bits per heavy atom. The molecule has 0 saturated heterocycles. The van der Waals surface area contributed by atoms with Gasteiger partial charge in [-0.2, -0.15) is 4.98 Å². The molecule has 7 nitrogen and oxygen atoms in total. The second kappa shape index (κ2) is 8.55. The molecule has 0 aliphatic rings. The highest BCUT2D eigenvalue weighted by molar-refractivity contribution is 9.10. The summed E-state index contributed by atoms with van der Waals surface area (Å²) >= 11 is 15.8. The smallest absolute Gasteiger partial charge is 0.268 e. The van der Waals surface area contributed by atoms with Gasteiger partial charge in [0.1, 0.15) is 5.69 Å². The molecule has 5 aromatic rings. The van der Waals surface area contributed by atoms with Crippen molar-refractivity contribution in [3.05, 3.63) is 91.6 Å². The molecule has 0 spiro atoms. The zero-order valence-electron chi connectivity index (χ0n) is 16.7. The van der Waals surface area contributed by atoms with Gasteiger partial charge in [-0.15, -0.1) is 10.2 Å². The lowest BCUT2D eigenvalue weighted by molar-refractivity contribution is 0.834. The molecule has 0 aliphatic heterocycles. The maximum atomic E-state index is 13.6. The van der Waals surface area contributed by atoms with E-state index in [1.54, 1.807) is 30.3 Å². The quantitative estimate of drug-likeness (QED) is 0.322. The van der Waals surface area contributed by atoms with Crippen LogP contribution in [0.2, 0.25) is 10.0 Å². The van der Waals surface area contributed by atoms with E-state index in [-0.39, 0.29) is 28.0 Å². The first kappa shape index (κ1) is 21.5. The van der Waals surface area contributed by atoms with Crippen LogP contribution in [0.15, 0.2) is 76.0 Å². The summed E-state index contributed by atoms with van der Waals surface area (Å²) in [5, 5.41) is 9.46. The molecule has 2 aromatic heterocycles. The van der Waals surface area contributed by atoms with Crippen molar-refractivity contribution in [3.8, 4) is 28.6 Å². The summed E-state index contributed by atoms with van der Waals surface area (Å²) < 4.78 is 2.05. The van der Waals surface area contributed by atoms with Crippen molar-refractivity contribution >= 4 is 55.9 Å². The standard InChI is InChI=1S/C23H13BrCl2N6O/c24-13-9-10-17-15(11-13)22(33)32(21(28-17)12-5-2-1-3-6-12)23-29-20(27)19(30-31-23)14-7-4-8-16(25)18(14)26/h1-11H,(H2,27,29,31). The zero-order chi connectivity index (χ0) is 23.1. The molecule has 0 aliphatic carbocycles. The SMILES string of the molecule is Nc1nc(-n2c(-c3ccccc3)nc3ccc(Br)cc3c2=O)nnc1-c1cccc(Cl)c1Cl. The average molecular weight is 540 g/mol. The first-order valence-corrected chi connectivity index (χ1v) is 11.2. The lowest BCUT2D eigenvalue weighted by atomic mass is 10.1. The Morgan fingerprint density at radius 1 is 0.909 bits per heavy atom. The maximum absolute atomic E-state index is 13.6. The fraction of sp³-hybridized carbons (Fsp3) is 0. The van der Waals surface area contributed by atoms with Crippen molar-refractivity contribution < 1.29 is 0 Å². The number of rotatable bonds is 3. The minimum Gasteiger partial charge on any atom is -0.382 e. The topological polar surface area (TPSA) is 99.6 Å². The van der Waals surface area contributed by atoms with E-state index in [4.69, 9.17) is 33.9 Å². The molecule has 162 valence electrons. The van der Waals surface area contributed by atoms with Crippen LogP contribution in [0, 0.1) is 0 Å². The summed E-state index contributed by atoms with van der Waals surface area (Å²) in [6.07, 6.45) is 0. The molecule has 10 heteroatoms. The van der Waals surface area contributed by atoms with Crippen molar-refractivity contribution in [2.75, 3.05) is 5.73 Å². The molecule has 0 fully saturated rings. The highest BCUT2D eigenvalue weighted by Gasteiger charge is 2.20. The number of benzene rings is 3. The Kier molecular flexibility index (Phi) is 5.57. The van der Waals surface area contributed by atoms with Gasteiger partial charge in [0.2, 0.25) is 0 Å². The molecular formula is C23H13BrCl2N6O. The highest BCUT2D eigenvalue weighted by atomic mass is 79.9. The van der Waals surface area contributed by atoms with Crippen molar-refractivity contribution in [3.63, 3.8) is 0 Å². The third-order valence-corrected chi connectivity index (χ3v) is 6.28. The van der Waals surface area contributed by atoms with Gasteiger partial charge in [0.25, 0.3) is 11.5 Å². The minimum absolute atomic E-state index is 0.00682. The van der Waals surface area contributed by atoms with Gasteiger partial charge >= 0.3 is 0 Å². The Bertz CT molecular complexity index is 1590. The monoisotopic (exact) mass is 538 g/mol. The molecule has 0 atom stereocenters. The van der Waals surface area contributed by atoms with E-state index >= 15 is 0 Å².